The highest BCUT2D eigenvalue weighted by Crippen LogP contribution is 2.32. The first kappa shape index (κ1) is 18.0. The maximum Gasteiger partial charge on any atom is 0.247 e. The van der Waals surface area contributed by atoms with E-state index in [1.165, 1.54) is 17.5 Å². The Morgan fingerprint density at radius 1 is 1.24 bits per heavy atom. The number of rotatable bonds is 4. The summed E-state index contributed by atoms with van der Waals surface area (Å²) in [5, 5.41) is 0.346. The highest BCUT2D eigenvalue weighted by molar-refractivity contribution is 7.89. The second kappa shape index (κ2) is 7.23. The molecular formula is C18H20ClNO4S. The summed E-state index contributed by atoms with van der Waals surface area (Å²) in [7, 11) is -2.33. The van der Waals surface area contributed by atoms with Gasteiger partial charge in [-0.3, -0.25) is 0 Å². The first-order chi connectivity index (χ1) is 12.0. The van der Waals surface area contributed by atoms with Gasteiger partial charge in [0.25, 0.3) is 0 Å². The zero-order chi connectivity index (χ0) is 18.0. The number of nitrogens with zero attached hydrogens (tertiary/aromatic N) is 1. The third kappa shape index (κ3) is 3.61. The SMILES string of the molecule is CCc1ccc2c(c1)CN(S(=O)(=O)c1cc(Cl)ccc1OC)CCO2. The van der Waals surface area contributed by atoms with Gasteiger partial charge in [0.15, 0.2) is 0 Å². The largest absolute Gasteiger partial charge is 0.495 e. The maximum absolute atomic E-state index is 13.2. The minimum atomic E-state index is -3.77. The van der Waals surface area contributed by atoms with E-state index in [1.54, 1.807) is 12.1 Å². The molecule has 0 saturated heterocycles. The van der Waals surface area contributed by atoms with Crippen molar-refractivity contribution in [2.24, 2.45) is 0 Å². The normalized spacial score (nSPS) is 15.2. The molecular weight excluding hydrogens is 362 g/mol. The zero-order valence-corrected chi connectivity index (χ0v) is 15.7. The first-order valence-electron chi connectivity index (χ1n) is 8.04. The molecule has 0 saturated carbocycles. The van der Waals surface area contributed by atoms with Crippen LogP contribution in [0.3, 0.4) is 0 Å². The van der Waals surface area contributed by atoms with Crippen LogP contribution < -0.4 is 9.47 Å². The van der Waals surface area contributed by atoms with E-state index in [2.05, 4.69) is 6.92 Å². The summed E-state index contributed by atoms with van der Waals surface area (Å²) in [5.74, 6) is 1.00. The Labute approximate surface area is 153 Å². The van der Waals surface area contributed by atoms with Crippen molar-refractivity contribution in [3.63, 3.8) is 0 Å². The quantitative estimate of drug-likeness (QED) is 0.813. The Morgan fingerprint density at radius 2 is 2.04 bits per heavy atom. The molecule has 1 aliphatic heterocycles. The van der Waals surface area contributed by atoms with Crippen LogP contribution in [0, 0.1) is 0 Å². The average molecular weight is 382 g/mol. The molecule has 0 atom stereocenters. The molecule has 134 valence electrons. The van der Waals surface area contributed by atoms with Crippen molar-refractivity contribution in [1.82, 2.24) is 4.31 Å². The molecule has 7 heteroatoms. The summed E-state index contributed by atoms with van der Waals surface area (Å²) in [6.07, 6.45) is 0.877. The van der Waals surface area contributed by atoms with Gasteiger partial charge in [-0.1, -0.05) is 30.7 Å². The summed E-state index contributed by atoms with van der Waals surface area (Å²) in [6, 6.07) is 10.5. The summed E-state index contributed by atoms with van der Waals surface area (Å²) < 4.78 is 38.7. The number of halogens is 1. The van der Waals surface area contributed by atoms with Crippen molar-refractivity contribution in [3.05, 3.63) is 52.5 Å². The molecule has 0 N–H and O–H groups in total. The molecule has 0 bridgehead atoms. The number of ether oxygens (including phenoxy) is 2. The van der Waals surface area contributed by atoms with Crippen LogP contribution in [-0.4, -0.2) is 33.0 Å². The summed E-state index contributed by atoms with van der Waals surface area (Å²) in [5.41, 5.74) is 2.00. The lowest BCUT2D eigenvalue weighted by Gasteiger charge is -2.21. The Morgan fingerprint density at radius 3 is 2.76 bits per heavy atom. The topological polar surface area (TPSA) is 55.8 Å². The van der Waals surface area contributed by atoms with Crippen molar-refractivity contribution in [3.8, 4) is 11.5 Å². The fourth-order valence-corrected chi connectivity index (χ4v) is 4.66. The van der Waals surface area contributed by atoms with Gasteiger partial charge in [-0.15, -0.1) is 0 Å². The van der Waals surface area contributed by atoms with Gasteiger partial charge in [0.1, 0.15) is 23.0 Å². The Balaban J connectivity index is 2.01. The number of hydrogen-bond donors (Lipinski definition) is 0. The smallest absolute Gasteiger partial charge is 0.247 e. The minimum Gasteiger partial charge on any atom is -0.495 e. The third-order valence-electron chi connectivity index (χ3n) is 4.22. The van der Waals surface area contributed by atoms with Crippen LogP contribution in [0.15, 0.2) is 41.3 Å². The van der Waals surface area contributed by atoms with Crippen LogP contribution in [0.2, 0.25) is 5.02 Å². The Hall–Kier alpha value is -1.76. The average Bonchev–Trinajstić information content (AvgIpc) is 2.83. The number of methoxy groups -OCH3 is 1. The van der Waals surface area contributed by atoms with E-state index in [1.807, 2.05) is 18.2 Å². The fraction of sp³-hybridized carbons (Fsp3) is 0.333. The zero-order valence-electron chi connectivity index (χ0n) is 14.2. The lowest BCUT2D eigenvalue weighted by atomic mass is 10.1. The number of benzene rings is 2. The van der Waals surface area contributed by atoms with Gasteiger partial charge in [0.2, 0.25) is 10.0 Å². The molecule has 0 fully saturated rings. The van der Waals surface area contributed by atoms with Crippen molar-refractivity contribution in [2.75, 3.05) is 20.3 Å². The predicted molar refractivity (Wildman–Crippen MR) is 96.9 cm³/mol. The molecule has 3 rings (SSSR count). The van der Waals surface area contributed by atoms with Crippen LogP contribution in [0.1, 0.15) is 18.1 Å². The molecule has 2 aromatic carbocycles. The van der Waals surface area contributed by atoms with Crippen molar-refractivity contribution in [2.45, 2.75) is 24.8 Å². The molecule has 0 radical (unpaired) electrons. The van der Waals surface area contributed by atoms with E-state index in [-0.39, 0.29) is 23.7 Å². The number of hydrogen-bond acceptors (Lipinski definition) is 4. The van der Waals surface area contributed by atoms with Gasteiger partial charge in [-0.2, -0.15) is 4.31 Å². The highest BCUT2D eigenvalue weighted by atomic mass is 35.5. The number of fused-ring (bicyclic) bond motifs is 1. The second-order valence-electron chi connectivity index (χ2n) is 5.78. The van der Waals surface area contributed by atoms with Crippen LogP contribution >= 0.6 is 11.6 Å². The van der Waals surface area contributed by atoms with E-state index in [9.17, 15) is 8.42 Å². The molecule has 25 heavy (non-hydrogen) atoms. The van der Waals surface area contributed by atoms with E-state index >= 15 is 0 Å². The third-order valence-corrected chi connectivity index (χ3v) is 6.32. The predicted octanol–water partition coefficient (Wildman–Crippen LogP) is 3.49. The lowest BCUT2D eigenvalue weighted by Crippen LogP contribution is -2.32. The lowest BCUT2D eigenvalue weighted by molar-refractivity contribution is 0.292. The standard InChI is InChI=1S/C18H20ClNO4S/c1-3-13-4-6-16-14(10-13)12-20(8-9-24-16)25(21,22)18-11-15(19)5-7-17(18)23-2/h4-7,10-11H,3,8-9,12H2,1-2H3. The van der Waals surface area contributed by atoms with Crippen molar-refractivity contribution < 1.29 is 17.9 Å². The molecule has 5 nitrogen and oxygen atoms in total. The summed E-state index contributed by atoms with van der Waals surface area (Å²) >= 11 is 6.01. The summed E-state index contributed by atoms with van der Waals surface area (Å²) in [4.78, 5) is 0.0672. The highest BCUT2D eigenvalue weighted by Gasteiger charge is 2.30. The summed E-state index contributed by atoms with van der Waals surface area (Å²) in [6.45, 7) is 2.86. The van der Waals surface area contributed by atoms with Crippen molar-refractivity contribution in [1.29, 1.82) is 0 Å². The van der Waals surface area contributed by atoms with Gasteiger partial charge in [-0.25, -0.2) is 8.42 Å². The van der Waals surface area contributed by atoms with Gasteiger partial charge >= 0.3 is 0 Å². The van der Waals surface area contributed by atoms with E-state index < -0.39 is 10.0 Å². The van der Waals surface area contributed by atoms with Crippen LogP contribution in [0.4, 0.5) is 0 Å². The van der Waals surface area contributed by atoms with Crippen molar-refractivity contribution >= 4 is 21.6 Å². The van der Waals surface area contributed by atoms with E-state index in [0.717, 1.165) is 23.3 Å². The monoisotopic (exact) mass is 381 g/mol. The van der Waals surface area contributed by atoms with Crippen LogP contribution in [0.5, 0.6) is 11.5 Å². The molecule has 1 aliphatic rings. The molecule has 0 unspecified atom stereocenters. The molecule has 0 spiro atoms. The van der Waals surface area contributed by atoms with Gasteiger partial charge < -0.3 is 9.47 Å². The first-order valence-corrected chi connectivity index (χ1v) is 9.85. The van der Waals surface area contributed by atoms with Gasteiger partial charge in [0.05, 0.1) is 7.11 Å². The minimum absolute atomic E-state index is 0.0672. The van der Waals surface area contributed by atoms with Crippen LogP contribution in [-0.2, 0) is 23.0 Å². The second-order valence-corrected chi connectivity index (χ2v) is 8.12. The number of sulfonamides is 1. The van der Waals surface area contributed by atoms with E-state index in [0.29, 0.717) is 11.6 Å². The molecule has 2 aromatic rings. The molecule has 0 aromatic heterocycles. The van der Waals surface area contributed by atoms with E-state index in [4.69, 9.17) is 21.1 Å². The molecule has 0 aliphatic carbocycles. The Bertz CT molecular complexity index is 883. The van der Waals surface area contributed by atoms with Gasteiger partial charge in [-0.05, 0) is 36.2 Å². The number of aryl methyl sites for hydroxylation is 1. The van der Waals surface area contributed by atoms with Gasteiger partial charge in [0, 0.05) is 23.7 Å². The molecule has 1 heterocycles. The molecule has 0 amide bonds. The maximum atomic E-state index is 13.2. The van der Waals surface area contributed by atoms with Crippen LogP contribution in [0.25, 0.3) is 0 Å². The fourth-order valence-electron chi connectivity index (χ4n) is 2.84. The Kier molecular flexibility index (Phi) is 5.22.